The van der Waals surface area contributed by atoms with Crippen molar-refractivity contribution in [2.24, 2.45) is 0 Å². The van der Waals surface area contributed by atoms with E-state index in [2.05, 4.69) is 33.7 Å². The minimum Gasteiger partial charge on any atom is -0.353 e. The molecule has 0 N–H and O–H groups in total. The minimum absolute atomic E-state index is 0.144. The van der Waals surface area contributed by atoms with Crippen molar-refractivity contribution in [3.63, 3.8) is 0 Å². The van der Waals surface area contributed by atoms with Gasteiger partial charge in [-0.2, -0.15) is 0 Å². The van der Waals surface area contributed by atoms with E-state index in [4.69, 9.17) is 11.6 Å². The number of anilines is 1. The van der Waals surface area contributed by atoms with Crippen LogP contribution in [0.3, 0.4) is 0 Å². The zero-order valence-electron chi connectivity index (χ0n) is 15.7. The van der Waals surface area contributed by atoms with Crippen molar-refractivity contribution in [1.82, 2.24) is 19.9 Å². The summed E-state index contributed by atoms with van der Waals surface area (Å²) in [6, 6.07) is 3.76. The fraction of sp³-hybridized carbons (Fsp3) is 0.368. The number of pyridine rings is 1. The van der Waals surface area contributed by atoms with E-state index in [-0.39, 0.29) is 5.91 Å². The van der Waals surface area contributed by atoms with Crippen molar-refractivity contribution >= 4 is 56.6 Å². The summed E-state index contributed by atoms with van der Waals surface area (Å²) in [7, 11) is 0. The summed E-state index contributed by atoms with van der Waals surface area (Å²) in [6.45, 7) is 7.11. The number of carbonyl (C=O) groups excluding carboxylic acids is 1. The average Bonchev–Trinajstić information content (AvgIpc) is 3.01. The summed E-state index contributed by atoms with van der Waals surface area (Å²) in [4.78, 5) is 32.2. The third-order valence-corrected chi connectivity index (χ3v) is 7.24. The van der Waals surface area contributed by atoms with Crippen molar-refractivity contribution in [3.8, 4) is 0 Å². The molecule has 1 amide bonds. The van der Waals surface area contributed by atoms with Crippen LogP contribution < -0.4 is 4.90 Å². The van der Waals surface area contributed by atoms with Gasteiger partial charge in [0.2, 0.25) is 5.91 Å². The number of rotatable bonds is 4. The third-order valence-electron chi connectivity index (χ3n) is 4.93. The number of nitrogens with zero attached hydrogens (tertiary/aromatic N) is 5. The molecule has 28 heavy (non-hydrogen) atoms. The zero-order valence-corrected chi connectivity index (χ0v) is 18.1. The first-order valence-corrected chi connectivity index (χ1v) is 11.2. The van der Waals surface area contributed by atoms with Gasteiger partial charge in [-0.15, -0.1) is 11.3 Å². The van der Waals surface area contributed by atoms with Gasteiger partial charge in [-0.25, -0.2) is 15.0 Å². The zero-order chi connectivity index (χ0) is 19.7. The third kappa shape index (κ3) is 3.94. The smallest absolute Gasteiger partial charge is 0.233 e. The predicted molar refractivity (Wildman–Crippen MR) is 116 cm³/mol. The van der Waals surface area contributed by atoms with Crippen molar-refractivity contribution in [3.05, 3.63) is 40.1 Å². The van der Waals surface area contributed by atoms with E-state index in [1.54, 1.807) is 23.9 Å². The Morgan fingerprint density at radius 3 is 2.68 bits per heavy atom. The number of hydrogen-bond donors (Lipinski definition) is 0. The molecule has 3 aromatic rings. The molecule has 3 aromatic heterocycles. The highest BCUT2D eigenvalue weighted by atomic mass is 35.5. The maximum atomic E-state index is 12.7. The van der Waals surface area contributed by atoms with Crippen LogP contribution in [0.15, 0.2) is 29.7 Å². The largest absolute Gasteiger partial charge is 0.353 e. The first-order chi connectivity index (χ1) is 13.5. The Hall–Kier alpha value is -1.90. The second kappa shape index (κ2) is 8.23. The number of hydrogen-bond acceptors (Lipinski definition) is 7. The van der Waals surface area contributed by atoms with Gasteiger partial charge >= 0.3 is 0 Å². The number of fused-ring (bicyclic) bond motifs is 1. The van der Waals surface area contributed by atoms with E-state index in [1.165, 1.54) is 22.2 Å². The maximum Gasteiger partial charge on any atom is 0.233 e. The molecule has 0 bridgehead atoms. The summed E-state index contributed by atoms with van der Waals surface area (Å²) in [5, 5.41) is 2.61. The lowest BCUT2D eigenvalue weighted by molar-refractivity contribution is -0.128. The first-order valence-electron chi connectivity index (χ1n) is 9.00. The number of thiophene rings is 1. The highest BCUT2D eigenvalue weighted by molar-refractivity contribution is 8.00. The molecule has 9 heteroatoms. The molecule has 4 rings (SSSR count). The number of amides is 1. The molecule has 0 aromatic carbocycles. The quantitative estimate of drug-likeness (QED) is 0.460. The molecule has 0 atom stereocenters. The Labute approximate surface area is 176 Å². The van der Waals surface area contributed by atoms with E-state index in [9.17, 15) is 4.79 Å². The molecule has 0 saturated carbocycles. The molecule has 1 fully saturated rings. The lowest BCUT2D eigenvalue weighted by Gasteiger charge is -2.35. The predicted octanol–water partition coefficient (Wildman–Crippen LogP) is 3.80. The van der Waals surface area contributed by atoms with Crippen LogP contribution in [-0.2, 0) is 4.79 Å². The second-order valence-electron chi connectivity index (χ2n) is 6.63. The van der Waals surface area contributed by atoms with Gasteiger partial charge in [-0.3, -0.25) is 4.79 Å². The number of aryl methyl sites for hydroxylation is 2. The van der Waals surface area contributed by atoms with Gasteiger partial charge in [-0.1, -0.05) is 23.4 Å². The van der Waals surface area contributed by atoms with E-state index >= 15 is 0 Å². The van der Waals surface area contributed by atoms with Gasteiger partial charge in [0, 0.05) is 42.6 Å². The summed E-state index contributed by atoms with van der Waals surface area (Å²) >= 11 is 9.08. The number of halogens is 1. The van der Waals surface area contributed by atoms with Gasteiger partial charge in [0.25, 0.3) is 0 Å². The fourth-order valence-corrected chi connectivity index (χ4v) is 5.35. The van der Waals surface area contributed by atoms with Crippen molar-refractivity contribution in [2.75, 3.05) is 36.8 Å². The molecule has 146 valence electrons. The summed E-state index contributed by atoms with van der Waals surface area (Å²) in [5.74, 6) is 1.43. The van der Waals surface area contributed by atoms with E-state index < -0.39 is 0 Å². The monoisotopic (exact) mass is 433 g/mol. The van der Waals surface area contributed by atoms with Crippen LogP contribution in [0.5, 0.6) is 0 Å². The summed E-state index contributed by atoms with van der Waals surface area (Å²) in [6.07, 6.45) is 3.24. The van der Waals surface area contributed by atoms with Crippen LogP contribution in [0, 0.1) is 13.8 Å². The maximum absolute atomic E-state index is 12.7. The van der Waals surface area contributed by atoms with Crippen LogP contribution in [0.2, 0.25) is 5.02 Å². The first kappa shape index (κ1) is 19.4. The Kier molecular flexibility index (Phi) is 5.70. The number of thioether (sulfide) groups is 1. The van der Waals surface area contributed by atoms with Gasteiger partial charge in [0.15, 0.2) is 0 Å². The van der Waals surface area contributed by atoms with Gasteiger partial charge in [0.05, 0.1) is 10.8 Å². The standard InChI is InChI=1S/C19H20ClN5OS2/c1-12-13(2)28-19-17(12)18(22-11-23-19)27-10-16(26)25-7-5-24(6-8-25)15-4-3-14(20)9-21-15/h3-4,9,11H,5-8,10H2,1-2H3. The Bertz CT molecular complexity index is 999. The number of aromatic nitrogens is 3. The normalized spacial score (nSPS) is 14.7. The van der Waals surface area contributed by atoms with Gasteiger partial charge < -0.3 is 9.80 Å². The molecule has 0 aliphatic carbocycles. The topological polar surface area (TPSA) is 62.2 Å². The molecule has 6 nitrogen and oxygen atoms in total. The van der Waals surface area contributed by atoms with E-state index in [0.29, 0.717) is 23.9 Å². The van der Waals surface area contributed by atoms with Gasteiger partial charge in [-0.05, 0) is 31.5 Å². The van der Waals surface area contributed by atoms with Crippen molar-refractivity contribution < 1.29 is 4.79 Å². The fourth-order valence-electron chi connectivity index (χ4n) is 3.22. The highest BCUT2D eigenvalue weighted by Gasteiger charge is 2.22. The van der Waals surface area contributed by atoms with Crippen molar-refractivity contribution in [2.45, 2.75) is 18.9 Å². The molecular formula is C19H20ClN5OS2. The SMILES string of the molecule is Cc1sc2ncnc(SCC(=O)N3CCN(c4ccc(Cl)cn4)CC3)c2c1C. The molecule has 1 aliphatic rings. The second-order valence-corrected chi connectivity index (χ2v) is 9.24. The van der Waals surface area contributed by atoms with Gasteiger partial charge in [0.1, 0.15) is 22.0 Å². The Balaban J connectivity index is 1.36. The lowest BCUT2D eigenvalue weighted by atomic mass is 10.2. The number of piperazine rings is 1. The van der Waals surface area contributed by atoms with Crippen LogP contribution in [0.1, 0.15) is 10.4 Å². The van der Waals surface area contributed by atoms with Crippen LogP contribution in [0.4, 0.5) is 5.82 Å². The van der Waals surface area contributed by atoms with Crippen LogP contribution in [0.25, 0.3) is 10.2 Å². The molecule has 1 saturated heterocycles. The van der Waals surface area contributed by atoms with Crippen LogP contribution in [-0.4, -0.2) is 57.7 Å². The Morgan fingerprint density at radius 1 is 1.18 bits per heavy atom. The Morgan fingerprint density at radius 2 is 1.96 bits per heavy atom. The van der Waals surface area contributed by atoms with Crippen LogP contribution >= 0.6 is 34.7 Å². The molecule has 0 spiro atoms. The number of carbonyl (C=O) groups is 1. The minimum atomic E-state index is 0.144. The summed E-state index contributed by atoms with van der Waals surface area (Å²) in [5.41, 5.74) is 1.21. The molecule has 0 unspecified atom stereocenters. The highest BCUT2D eigenvalue weighted by Crippen LogP contribution is 2.34. The molecular weight excluding hydrogens is 414 g/mol. The van der Waals surface area contributed by atoms with Crippen molar-refractivity contribution in [1.29, 1.82) is 0 Å². The van der Waals surface area contributed by atoms with E-state index in [0.717, 1.165) is 34.1 Å². The lowest BCUT2D eigenvalue weighted by Crippen LogP contribution is -2.49. The molecule has 0 radical (unpaired) electrons. The molecule has 1 aliphatic heterocycles. The van der Waals surface area contributed by atoms with E-state index in [1.807, 2.05) is 17.0 Å². The summed E-state index contributed by atoms with van der Waals surface area (Å²) < 4.78 is 0. The molecule has 4 heterocycles. The average molecular weight is 434 g/mol.